The molecule has 2 aromatic heterocycles. The first-order valence-corrected chi connectivity index (χ1v) is 10.9. The molecule has 4 unspecified atom stereocenters. The standard InChI is InChI=1S/C20H28N10O7/c21-11(3-15(22)31)17(33)28-12(1-9-5-24-7-26-9)18(34)29-13(2-10-6-25-8-27-10)19(35)30-14(20(36)37)4-16(23)32/h5-8,11-14H,1-4,21H2,(H2,22,31)(H2,23,32)(H,24,26)(H,25,27)(H,28,33)(H,29,34)(H,30,35)(H,36,37). The number of imidazole rings is 2. The summed E-state index contributed by atoms with van der Waals surface area (Å²) in [6, 6.07) is -5.62. The Morgan fingerprint density at radius 1 is 0.757 bits per heavy atom. The summed E-state index contributed by atoms with van der Waals surface area (Å²) in [6.07, 6.45) is 4.09. The summed E-state index contributed by atoms with van der Waals surface area (Å²) in [4.78, 5) is 85.6. The van der Waals surface area contributed by atoms with Crippen LogP contribution in [-0.2, 0) is 41.6 Å². The first-order valence-electron chi connectivity index (χ1n) is 10.9. The number of primary amides is 2. The molecule has 2 rings (SSSR count). The second kappa shape index (κ2) is 13.3. The number of amides is 5. The fourth-order valence-electron chi connectivity index (χ4n) is 3.19. The minimum atomic E-state index is -1.64. The van der Waals surface area contributed by atoms with E-state index in [0.29, 0.717) is 11.4 Å². The van der Waals surface area contributed by atoms with Crippen molar-refractivity contribution in [3.63, 3.8) is 0 Å². The first-order chi connectivity index (χ1) is 17.5. The van der Waals surface area contributed by atoms with Crippen molar-refractivity contribution in [1.29, 1.82) is 0 Å². The SMILES string of the molecule is NC(=O)CC(N)C(=O)NC(Cc1cnc[nH]1)C(=O)NC(Cc1cnc[nH]1)C(=O)NC(CC(N)=O)C(=O)O. The lowest BCUT2D eigenvalue weighted by molar-refractivity contribution is -0.143. The number of carbonyl (C=O) groups excluding carboxylic acids is 5. The van der Waals surface area contributed by atoms with Crippen molar-refractivity contribution < 1.29 is 33.9 Å². The summed E-state index contributed by atoms with van der Waals surface area (Å²) in [7, 11) is 0. The van der Waals surface area contributed by atoms with E-state index in [-0.39, 0.29) is 12.8 Å². The zero-order valence-electron chi connectivity index (χ0n) is 19.5. The molecule has 37 heavy (non-hydrogen) atoms. The number of hydrogen-bond acceptors (Lipinski definition) is 9. The van der Waals surface area contributed by atoms with Gasteiger partial charge in [0, 0.05) is 36.6 Å². The Kier molecular flexibility index (Phi) is 10.2. The predicted octanol–water partition coefficient (Wildman–Crippen LogP) is -4.46. The second-order valence-electron chi connectivity index (χ2n) is 8.03. The number of aromatic nitrogens is 4. The number of aliphatic carboxylic acids is 1. The third-order valence-corrected chi connectivity index (χ3v) is 5.00. The van der Waals surface area contributed by atoms with E-state index in [2.05, 4.69) is 35.9 Å². The second-order valence-corrected chi connectivity index (χ2v) is 8.03. The zero-order valence-corrected chi connectivity index (χ0v) is 19.5. The van der Waals surface area contributed by atoms with Gasteiger partial charge in [0.25, 0.3) is 0 Å². The summed E-state index contributed by atoms with van der Waals surface area (Å²) in [5.41, 5.74) is 16.7. The minimum Gasteiger partial charge on any atom is -0.480 e. The summed E-state index contributed by atoms with van der Waals surface area (Å²) in [5.74, 6) is -5.91. The predicted molar refractivity (Wildman–Crippen MR) is 124 cm³/mol. The van der Waals surface area contributed by atoms with Crippen molar-refractivity contribution >= 4 is 35.5 Å². The van der Waals surface area contributed by atoms with Crippen molar-refractivity contribution in [2.24, 2.45) is 17.2 Å². The molecule has 0 bridgehead atoms. The van der Waals surface area contributed by atoms with Gasteiger partial charge in [-0.1, -0.05) is 0 Å². The molecule has 0 saturated carbocycles. The molecule has 2 heterocycles. The van der Waals surface area contributed by atoms with E-state index in [0.717, 1.165) is 0 Å². The van der Waals surface area contributed by atoms with Gasteiger partial charge in [-0.05, 0) is 0 Å². The lowest BCUT2D eigenvalue weighted by Crippen LogP contribution is -2.58. The van der Waals surface area contributed by atoms with Gasteiger partial charge in [-0.2, -0.15) is 0 Å². The van der Waals surface area contributed by atoms with Crippen LogP contribution in [0.25, 0.3) is 0 Å². The monoisotopic (exact) mass is 520 g/mol. The number of hydrogen-bond donors (Lipinski definition) is 9. The highest BCUT2D eigenvalue weighted by atomic mass is 16.4. The number of carboxylic acids is 1. The van der Waals surface area contributed by atoms with Gasteiger partial charge in [-0.25, -0.2) is 14.8 Å². The van der Waals surface area contributed by atoms with Crippen molar-refractivity contribution in [1.82, 2.24) is 35.9 Å². The van der Waals surface area contributed by atoms with Gasteiger partial charge in [-0.3, -0.25) is 24.0 Å². The number of nitrogens with two attached hydrogens (primary N) is 3. The van der Waals surface area contributed by atoms with Crippen LogP contribution in [0.1, 0.15) is 24.2 Å². The Labute approximate surface area is 209 Å². The number of nitrogens with one attached hydrogen (secondary N) is 5. The van der Waals surface area contributed by atoms with Gasteiger partial charge >= 0.3 is 5.97 Å². The van der Waals surface area contributed by atoms with Crippen LogP contribution in [-0.4, -0.2) is 84.7 Å². The maximum Gasteiger partial charge on any atom is 0.326 e. The van der Waals surface area contributed by atoms with Gasteiger partial charge in [0.05, 0.1) is 31.5 Å². The molecule has 4 atom stereocenters. The van der Waals surface area contributed by atoms with Crippen molar-refractivity contribution in [3.05, 3.63) is 36.4 Å². The molecule has 0 aliphatic heterocycles. The molecule has 2 aromatic rings. The highest BCUT2D eigenvalue weighted by molar-refractivity contribution is 5.95. The number of carboxylic acid groups (broad SMARTS) is 1. The molecule has 17 nitrogen and oxygen atoms in total. The molecule has 0 saturated heterocycles. The van der Waals surface area contributed by atoms with E-state index in [1.54, 1.807) is 0 Å². The van der Waals surface area contributed by atoms with Crippen LogP contribution in [0.5, 0.6) is 0 Å². The van der Waals surface area contributed by atoms with Crippen LogP contribution in [0.2, 0.25) is 0 Å². The summed E-state index contributed by atoms with van der Waals surface area (Å²) >= 11 is 0. The van der Waals surface area contributed by atoms with Crippen LogP contribution in [0.3, 0.4) is 0 Å². The van der Waals surface area contributed by atoms with E-state index in [1.807, 2.05) is 0 Å². The van der Waals surface area contributed by atoms with Gasteiger partial charge in [0.2, 0.25) is 29.5 Å². The normalized spacial score (nSPS) is 14.0. The third-order valence-electron chi connectivity index (χ3n) is 5.00. The fraction of sp³-hybridized carbons (Fsp3) is 0.400. The van der Waals surface area contributed by atoms with E-state index < -0.39 is 72.5 Å². The van der Waals surface area contributed by atoms with Crippen molar-refractivity contribution in [3.8, 4) is 0 Å². The summed E-state index contributed by atoms with van der Waals surface area (Å²) in [5, 5.41) is 16.3. The molecule has 12 N–H and O–H groups in total. The summed E-state index contributed by atoms with van der Waals surface area (Å²) < 4.78 is 0. The topological polar surface area (TPSA) is 294 Å². The van der Waals surface area contributed by atoms with Gasteiger partial charge in [0.1, 0.15) is 18.1 Å². The maximum absolute atomic E-state index is 13.2. The molecular formula is C20H28N10O7. The zero-order chi connectivity index (χ0) is 27.5. The van der Waals surface area contributed by atoms with Crippen LogP contribution >= 0.6 is 0 Å². The molecule has 0 aliphatic rings. The fourth-order valence-corrected chi connectivity index (χ4v) is 3.19. The Balaban J connectivity index is 2.24. The van der Waals surface area contributed by atoms with Gasteiger partial charge < -0.3 is 48.2 Å². The summed E-state index contributed by atoms with van der Waals surface area (Å²) in [6.45, 7) is 0. The molecule has 0 spiro atoms. The molecule has 5 amide bonds. The number of nitrogens with zero attached hydrogens (tertiary/aromatic N) is 2. The number of aromatic amines is 2. The van der Waals surface area contributed by atoms with E-state index in [4.69, 9.17) is 17.2 Å². The number of carbonyl (C=O) groups is 6. The Morgan fingerprint density at radius 2 is 1.19 bits per heavy atom. The maximum atomic E-state index is 13.2. The Morgan fingerprint density at radius 3 is 1.57 bits per heavy atom. The minimum absolute atomic E-state index is 0.0985. The lowest BCUT2D eigenvalue weighted by atomic mass is 10.1. The van der Waals surface area contributed by atoms with Crippen molar-refractivity contribution in [2.75, 3.05) is 0 Å². The van der Waals surface area contributed by atoms with Crippen LogP contribution in [0, 0.1) is 0 Å². The smallest absolute Gasteiger partial charge is 0.326 e. The molecule has 0 fully saturated rings. The quantitative estimate of drug-likeness (QED) is 0.108. The average Bonchev–Trinajstić information content (AvgIpc) is 3.51. The average molecular weight is 521 g/mol. The van der Waals surface area contributed by atoms with Crippen LogP contribution in [0.4, 0.5) is 0 Å². The number of rotatable bonds is 15. The van der Waals surface area contributed by atoms with E-state index in [9.17, 15) is 33.9 Å². The van der Waals surface area contributed by atoms with Crippen LogP contribution in [0.15, 0.2) is 25.0 Å². The first kappa shape index (κ1) is 28.4. The molecule has 0 aliphatic carbocycles. The van der Waals surface area contributed by atoms with Gasteiger partial charge in [-0.15, -0.1) is 0 Å². The Bertz CT molecular complexity index is 1100. The molecule has 200 valence electrons. The highest BCUT2D eigenvalue weighted by Crippen LogP contribution is 2.05. The molecule has 0 radical (unpaired) electrons. The van der Waals surface area contributed by atoms with Crippen LogP contribution < -0.4 is 33.2 Å². The largest absolute Gasteiger partial charge is 0.480 e. The molecule has 0 aromatic carbocycles. The lowest BCUT2D eigenvalue weighted by Gasteiger charge is -2.24. The molecule has 17 heteroatoms. The van der Waals surface area contributed by atoms with Gasteiger partial charge in [0.15, 0.2) is 0 Å². The van der Waals surface area contributed by atoms with E-state index >= 15 is 0 Å². The van der Waals surface area contributed by atoms with Crippen molar-refractivity contribution in [2.45, 2.75) is 49.9 Å². The highest BCUT2D eigenvalue weighted by Gasteiger charge is 2.31. The Hall–Kier alpha value is -4.80. The van der Waals surface area contributed by atoms with E-state index in [1.165, 1.54) is 25.0 Å². The number of H-pyrrole nitrogens is 2. The third kappa shape index (κ3) is 9.40. The molecular weight excluding hydrogens is 492 g/mol.